The topological polar surface area (TPSA) is 30.5 Å². The number of hydrogen-bond acceptors (Lipinski definition) is 3. The average Bonchev–Trinajstić information content (AvgIpc) is 2.46. The van der Waals surface area contributed by atoms with Gasteiger partial charge >= 0.3 is 0 Å². The van der Waals surface area contributed by atoms with E-state index in [1.807, 2.05) is 19.1 Å². The Morgan fingerprint density at radius 1 is 1.29 bits per heavy atom. The van der Waals surface area contributed by atoms with E-state index >= 15 is 0 Å². The molecule has 0 amide bonds. The Hall–Kier alpha value is -1.20. The van der Waals surface area contributed by atoms with Crippen LogP contribution in [0.15, 0.2) is 18.2 Å². The number of hydrogen-bond donors (Lipinski definition) is 1. The van der Waals surface area contributed by atoms with E-state index in [9.17, 15) is 8.78 Å². The van der Waals surface area contributed by atoms with Gasteiger partial charge in [0.25, 0.3) is 6.43 Å². The van der Waals surface area contributed by atoms with Gasteiger partial charge in [0.05, 0.1) is 7.11 Å². The summed E-state index contributed by atoms with van der Waals surface area (Å²) in [5.41, 5.74) is 2.19. The molecule has 21 heavy (non-hydrogen) atoms. The van der Waals surface area contributed by atoms with Gasteiger partial charge in [0, 0.05) is 12.6 Å². The molecule has 0 fully saturated rings. The van der Waals surface area contributed by atoms with Gasteiger partial charge in [0.2, 0.25) is 0 Å². The molecule has 1 unspecified atom stereocenters. The van der Waals surface area contributed by atoms with Crippen molar-refractivity contribution in [2.45, 2.75) is 39.2 Å². The molecule has 0 bridgehead atoms. The van der Waals surface area contributed by atoms with E-state index in [1.54, 1.807) is 7.11 Å². The lowest BCUT2D eigenvalue weighted by Gasteiger charge is -2.20. The van der Waals surface area contributed by atoms with Crippen LogP contribution < -0.4 is 10.1 Å². The van der Waals surface area contributed by atoms with Crippen LogP contribution in [0.1, 0.15) is 36.9 Å². The first-order valence-corrected chi connectivity index (χ1v) is 7.32. The van der Waals surface area contributed by atoms with Gasteiger partial charge < -0.3 is 14.8 Å². The third kappa shape index (κ3) is 6.40. The fraction of sp³-hybridized carbons (Fsp3) is 0.625. The first kappa shape index (κ1) is 17.9. The minimum Gasteiger partial charge on any atom is -0.496 e. The zero-order valence-electron chi connectivity index (χ0n) is 13.0. The molecular weight excluding hydrogens is 276 g/mol. The first-order chi connectivity index (χ1) is 10.1. The Morgan fingerprint density at radius 2 is 2.05 bits per heavy atom. The molecule has 0 spiro atoms. The maximum absolute atomic E-state index is 12.1. The second-order valence-electron chi connectivity index (χ2n) is 4.99. The van der Waals surface area contributed by atoms with Crippen molar-refractivity contribution in [3.8, 4) is 5.75 Å². The first-order valence-electron chi connectivity index (χ1n) is 7.32. The molecule has 1 aromatic rings. The number of nitrogens with one attached hydrogen (secondary N) is 1. The second-order valence-corrected chi connectivity index (χ2v) is 4.99. The van der Waals surface area contributed by atoms with Gasteiger partial charge in [-0.2, -0.15) is 0 Å². The SMILES string of the molecule is CCCNC(CCOCC(F)F)c1ccc(OC)c(C)c1. The monoisotopic (exact) mass is 301 g/mol. The van der Waals surface area contributed by atoms with Crippen LogP contribution in [0.5, 0.6) is 5.75 Å². The standard InChI is InChI=1S/C16H25F2NO2/c1-4-8-19-14(7-9-21-11-16(17)18)13-5-6-15(20-3)12(2)10-13/h5-6,10,14,16,19H,4,7-9,11H2,1-3H3. The zero-order valence-corrected chi connectivity index (χ0v) is 13.0. The molecule has 0 heterocycles. The summed E-state index contributed by atoms with van der Waals surface area (Å²) in [6.07, 6.45) is -0.725. The van der Waals surface area contributed by atoms with Crippen LogP contribution in [-0.2, 0) is 4.74 Å². The van der Waals surface area contributed by atoms with E-state index in [0.717, 1.165) is 29.8 Å². The molecule has 1 aromatic carbocycles. The Labute approximate surface area is 125 Å². The van der Waals surface area contributed by atoms with E-state index in [-0.39, 0.29) is 6.04 Å². The summed E-state index contributed by atoms with van der Waals surface area (Å²) in [7, 11) is 1.65. The van der Waals surface area contributed by atoms with Crippen molar-refractivity contribution in [2.75, 3.05) is 26.9 Å². The van der Waals surface area contributed by atoms with Gasteiger partial charge in [0.1, 0.15) is 12.4 Å². The van der Waals surface area contributed by atoms with Crippen molar-refractivity contribution in [1.29, 1.82) is 0 Å². The van der Waals surface area contributed by atoms with Crippen molar-refractivity contribution in [1.82, 2.24) is 5.32 Å². The molecule has 0 aliphatic carbocycles. The molecule has 0 aromatic heterocycles. The summed E-state index contributed by atoms with van der Waals surface area (Å²) in [5.74, 6) is 0.849. The van der Waals surface area contributed by atoms with Gasteiger partial charge in [0.15, 0.2) is 0 Å². The zero-order chi connectivity index (χ0) is 15.7. The summed E-state index contributed by atoms with van der Waals surface area (Å²) < 4.78 is 34.4. The van der Waals surface area contributed by atoms with Gasteiger partial charge in [-0.25, -0.2) is 8.78 Å². The Morgan fingerprint density at radius 3 is 2.62 bits per heavy atom. The lowest BCUT2D eigenvalue weighted by Crippen LogP contribution is -2.24. The highest BCUT2D eigenvalue weighted by atomic mass is 19.3. The summed E-state index contributed by atoms with van der Waals surface area (Å²) in [6, 6.07) is 6.11. The van der Waals surface area contributed by atoms with Gasteiger partial charge in [-0.3, -0.25) is 0 Å². The van der Waals surface area contributed by atoms with Crippen molar-refractivity contribution >= 4 is 0 Å². The van der Waals surface area contributed by atoms with Crippen molar-refractivity contribution in [3.05, 3.63) is 29.3 Å². The number of methoxy groups -OCH3 is 1. The minimum absolute atomic E-state index is 0.104. The predicted molar refractivity (Wildman–Crippen MR) is 80.2 cm³/mol. The Bertz CT molecular complexity index is 413. The van der Waals surface area contributed by atoms with E-state index in [2.05, 4.69) is 18.3 Å². The van der Waals surface area contributed by atoms with Crippen LogP contribution in [0.25, 0.3) is 0 Å². The maximum Gasteiger partial charge on any atom is 0.261 e. The second kappa shape index (κ2) is 9.68. The normalized spacial score (nSPS) is 12.7. The maximum atomic E-state index is 12.1. The molecule has 0 radical (unpaired) electrons. The fourth-order valence-corrected chi connectivity index (χ4v) is 2.20. The lowest BCUT2D eigenvalue weighted by atomic mass is 10.0. The molecule has 1 atom stereocenters. The van der Waals surface area contributed by atoms with Crippen LogP contribution in [0.2, 0.25) is 0 Å². The summed E-state index contributed by atoms with van der Waals surface area (Å²) in [4.78, 5) is 0. The number of rotatable bonds is 10. The van der Waals surface area contributed by atoms with E-state index in [0.29, 0.717) is 13.0 Å². The highest BCUT2D eigenvalue weighted by Gasteiger charge is 2.13. The molecule has 0 aliphatic heterocycles. The van der Waals surface area contributed by atoms with Crippen LogP contribution in [0.3, 0.4) is 0 Å². The molecule has 0 saturated heterocycles. The molecule has 3 nitrogen and oxygen atoms in total. The van der Waals surface area contributed by atoms with E-state index in [1.165, 1.54) is 0 Å². The van der Waals surface area contributed by atoms with Crippen molar-refractivity contribution in [2.24, 2.45) is 0 Å². The number of alkyl halides is 2. The molecule has 1 rings (SSSR count). The van der Waals surface area contributed by atoms with E-state index < -0.39 is 13.0 Å². The van der Waals surface area contributed by atoms with Crippen molar-refractivity contribution in [3.63, 3.8) is 0 Å². The number of aryl methyl sites for hydroxylation is 1. The Balaban J connectivity index is 2.65. The largest absolute Gasteiger partial charge is 0.496 e. The predicted octanol–water partition coefficient (Wildman–Crippen LogP) is 3.72. The fourth-order valence-electron chi connectivity index (χ4n) is 2.20. The van der Waals surface area contributed by atoms with Gasteiger partial charge in [-0.05, 0) is 43.5 Å². The van der Waals surface area contributed by atoms with E-state index in [4.69, 9.17) is 9.47 Å². The average molecular weight is 301 g/mol. The molecule has 0 saturated carbocycles. The van der Waals surface area contributed by atoms with Crippen LogP contribution >= 0.6 is 0 Å². The van der Waals surface area contributed by atoms with Gasteiger partial charge in [-0.1, -0.05) is 19.1 Å². The number of halogens is 2. The smallest absolute Gasteiger partial charge is 0.261 e. The minimum atomic E-state index is -2.41. The number of benzene rings is 1. The highest BCUT2D eigenvalue weighted by molar-refractivity contribution is 5.37. The highest BCUT2D eigenvalue weighted by Crippen LogP contribution is 2.24. The number of ether oxygens (including phenoxy) is 2. The lowest BCUT2D eigenvalue weighted by molar-refractivity contribution is 0.0143. The van der Waals surface area contributed by atoms with Crippen LogP contribution in [0, 0.1) is 6.92 Å². The van der Waals surface area contributed by atoms with Gasteiger partial charge in [-0.15, -0.1) is 0 Å². The molecule has 5 heteroatoms. The van der Waals surface area contributed by atoms with Crippen molar-refractivity contribution < 1.29 is 18.3 Å². The Kier molecular flexibility index (Phi) is 8.23. The summed E-state index contributed by atoms with van der Waals surface area (Å²) >= 11 is 0. The van der Waals surface area contributed by atoms with Crippen LogP contribution in [0.4, 0.5) is 8.78 Å². The third-order valence-corrected chi connectivity index (χ3v) is 3.26. The molecule has 1 N–H and O–H groups in total. The summed E-state index contributed by atoms with van der Waals surface area (Å²) in [5, 5.41) is 3.43. The third-order valence-electron chi connectivity index (χ3n) is 3.26. The van der Waals surface area contributed by atoms with Crippen LogP contribution in [-0.4, -0.2) is 33.3 Å². The molecule has 120 valence electrons. The quantitative estimate of drug-likeness (QED) is 0.668. The summed E-state index contributed by atoms with van der Waals surface area (Å²) in [6.45, 7) is 4.78. The molecule has 0 aliphatic rings. The molecular formula is C16H25F2NO2.